The van der Waals surface area contributed by atoms with Crippen molar-refractivity contribution in [3.05, 3.63) is 276 Å². The standard InChI is InChI=1S/C65H47N5/c1-44-38-58-34-16-17-37-70(58)62(59(44)47-24-10-4-11-25-47)51-30-19-32-53(40-51)64-67-63(68-65(69-64)56-42-54(45-20-6-2-7-21-45)41-55(43-56)46-22-8-3-9-23-46)52-31-18-29-50(39-52)60-48-26-14-15-33-57(36-35-48)66-61(60)49-27-12-5-13-28-49/h2-34,37,39-43,48H,35-36H2,1H3/b26-14-,33-15-. The second-order valence-corrected chi connectivity index (χ2v) is 17.9. The third-order valence-corrected chi connectivity index (χ3v) is 13.3. The summed E-state index contributed by atoms with van der Waals surface area (Å²) in [5.74, 6) is 1.92. The molecule has 0 fully saturated rings. The fourth-order valence-corrected chi connectivity index (χ4v) is 10.0. The van der Waals surface area contributed by atoms with Crippen LogP contribution in [0.15, 0.2) is 259 Å². The summed E-state index contributed by atoms with van der Waals surface area (Å²) >= 11 is 0. The lowest BCUT2D eigenvalue weighted by Crippen LogP contribution is -2.20. The Morgan fingerprint density at radius 1 is 0.457 bits per heavy atom. The Bertz CT molecular complexity index is 3560. The van der Waals surface area contributed by atoms with Gasteiger partial charge in [0, 0.05) is 51.2 Å². The van der Waals surface area contributed by atoms with Crippen molar-refractivity contribution < 1.29 is 0 Å². The second kappa shape index (κ2) is 18.6. The van der Waals surface area contributed by atoms with E-state index in [4.69, 9.17) is 19.9 Å². The van der Waals surface area contributed by atoms with Gasteiger partial charge in [-0.15, -0.1) is 0 Å². The molecule has 5 heteroatoms. The SMILES string of the molecule is CC1=C=C2C=CC=CN2C(c2cccc(-c3nc(-c4cccc(C5=C(c6ccccc6)N=C6/C=C\C=C/C5CC6)c4)nc(-c4cc(-c5ccccc5)cc(-c5ccccc5)c4)n3)c2)=C1c1ccccc1. The second-order valence-electron chi connectivity index (χ2n) is 17.9. The zero-order chi connectivity index (χ0) is 46.8. The molecular weight excluding hydrogens is 851 g/mol. The van der Waals surface area contributed by atoms with Crippen LogP contribution in [-0.4, -0.2) is 25.6 Å². The van der Waals surface area contributed by atoms with Gasteiger partial charge in [0.05, 0.1) is 17.1 Å². The molecule has 1 aromatic heterocycles. The van der Waals surface area contributed by atoms with Crippen LogP contribution >= 0.6 is 0 Å². The molecule has 0 saturated heterocycles. The van der Waals surface area contributed by atoms with Gasteiger partial charge in [0.2, 0.25) is 0 Å². The van der Waals surface area contributed by atoms with Crippen molar-refractivity contribution in [3.63, 3.8) is 0 Å². The van der Waals surface area contributed by atoms with Crippen LogP contribution in [0.5, 0.6) is 0 Å². The largest absolute Gasteiger partial charge is 0.309 e. The van der Waals surface area contributed by atoms with Gasteiger partial charge in [-0.05, 0) is 113 Å². The van der Waals surface area contributed by atoms with Gasteiger partial charge < -0.3 is 4.90 Å². The molecule has 4 aliphatic rings. The van der Waals surface area contributed by atoms with Gasteiger partial charge >= 0.3 is 0 Å². The van der Waals surface area contributed by atoms with E-state index in [2.05, 4.69) is 254 Å². The summed E-state index contributed by atoms with van der Waals surface area (Å²) in [6.07, 6.45) is 19.0. The molecule has 332 valence electrons. The van der Waals surface area contributed by atoms with Gasteiger partial charge in [-0.3, -0.25) is 4.99 Å². The molecule has 8 aromatic rings. The minimum absolute atomic E-state index is 0.162. The molecule has 5 nitrogen and oxygen atoms in total. The van der Waals surface area contributed by atoms with Crippen LogP contribution in [0, 0.1) is 5.92 Å². The van der Waals surface area contributed by atoms with Gasteiger partial charge in [0.15, 0.2) is 17.5 Å². The fraction of sp³-hybridized carbons (Fsp3) is 0.0615. The highest BCUT2D eigenvalue weighted by molar-refractivity contribution is 6.05. The molecule has 0 N–H and O–H groups in total. The number of aromatic nitrogens is 3. The number of rotatable bonds is 9. The number of aliphatic imine (C=N–C) groups is 1. The lowest BCUT2D eigenvalue weighted by molar-refractivity contribution is 0.673. The van der Waals surface area contributed by atoms with E-state index in [-0.39, 0.29) is 5.92 Å². The minimum Gasteiger partial charge on any atom is -0.309 e. The number of allylic oxidation sites excluding steroid dienone is 9. The van der Waals surface area contributed by atoms with E-state index in [0.717, 1.165) is 108 Å². The molecule has 12 rings (SSSR count). The third-order valence-electron chi connectivity index (χ3n) is 13.3. The Kier molecular flexibility index (Phi) is 11.2. The van der Waals surface area contributed by atoms with Crippen molar-refractivity contribution >= 4 is 28.3 Å². The molecule has 2 bridgehead atoms. The summed E-state index contributed by atoms with van der Waals surface area (Å²) in [5.41, 5.74) is 22.7. The number of hydrogen-bond donors (Lipinski definition) is 0. The first-order valence-electron chi connectivity index (χ1n) is 24.0. The minimum atomic E-state index is 0.162. The summed E-state index contributed by atoms with van der Waals surface area (Å²) in [6, 6.07) is 66.3. The van der Waals surface area contributed by atoms with Crippen LogP contribution in [0.25, 0.3) is 79.0 Å². The Balaban J connectivity index is 1.07. The molecular formula is C65H47N5. The van der Waals surface area contributed by atoms with E-state index in [9.17, 15) is 0 Å². The number of nitrogens with zero attached hydrogens (tertiary/aromatic N) is 5. The molecule has 70 heavy (non-hydrogen) atoms. The monoisotopic (exact) mass is 897 g/mol. The van der Waals surface area contributed by atoms with Crippen LogP contribution in [0.2, 0.25) is 0 Å². The van der Waals surface area contributed by atoms with E-state index in [1.54, 1.807) is 0 Å². The van der Waals surface area contributed by atoms with Gasteiger partial charge in [0.1, 0.15) is 0 Å². The van der Waals surface area contributed by atoms with Crippen molar-refractivity contribution in [3.8, 4) is 56.4 Å². The van der Waals surface area contributed by atoms with E-state index in [0.29, 0.717) is 17.5 Å². The van der Waals surface area contributed by atoms with E-state index in [1.165, 1.54) is 5.57 Å². The molecule has 1 aliphatic carbocycles. The summed E-state index contributed by atoms with van der Waals surface area (Å²) in [4.78, 5) is 23.9. The predicted molar refractivity (Wildman–Crippen MR) is 288 cm³/mol. The average Bonchev–Trinajstić information content (AvgIpc) is 3.55. The first-order valence-corrected chi connectivity index (χ1v) is 24.0. The first-order chi connectivity index (χ1) is 34.6. The zero-order valence-electron chi connectivity index (χ0n) is 38.7. The van der Waals surface area contributed by atoms with E-state index < -0.39 is 0 Å². The normalized spacial score (nSPS) is 17.0. The Morgan fingerprint density at radius 2 is 0.957 bits per heavy atom. The topological polar surface area (TPSA) is 54.3 Å². The molecule has 1 unspecified atom stereocenters. The highest BCUT2D eigenvalue weighted by atomic mass is 15.1. The highest BCUT2D eigenvalue weighted by Crippen LogP contribution is 2.43. The average molecular weight is 898 g/mol. The Morgan fingerprint density at radius 3 is 1.60 bits per heavy atom. The molecule has 0 radical (unpaired) electrons. The number of fused-ring (bicyclic) bond motifs is 4. The highest BCUT2D eigenvalue weighted by Gasteiger charge is 2.27. The lowest BCUT2D eigenvalue weighted by atomic mass is 9.85. The predicted octanol–water partition coefficient (Wildman–Crippen LogP) is 15.7. The van der Waals surface area contributed by atoms with Crippen molar-refractivity contribution in [2.24, 2.45) is 10.9 Å². The van der Waals surface area contributed by atoms with Gasteiger partial charge in [0.25, 0.3) is 0 Å². The van der Waals surface area contributed by atoms with Crippen molar-refractivity contribution in [1.29, 1.82) is 0 Å². The zero-order valence-corrected chi connectivity index (χ0v) is 38.7. The smallest absolute Gasteiger partial charge is 0.164 e. The molecule has 3 aliphatic heterocycles. The number of benzene rings is 7. The quantitative estimate of drug-likeness (QED) is 0.135. The summed E-state index contributed by atoms with van der Waals surface area (Å²) in [7, 11) is 0. The van der Waals surface area contributed by atoms with Gasteiger partial charge in [-0.2, -0.15) is 0 Å². The molecule has 4 heterocycles. The van der Waals surface area contributed by atoms with Crippen molar-refractivity contribution in [2.75, 3.05) is 0 Å². The Labute approximate surface area is 409 Å². The van der Waals surface area contributed by atoms with Crippen LogP contribution in [0.3, 0.4) is 0 Å². The third kappa shape index (κ3) is 8.36. The summed E-state index contributed by atoms with van der Waals surface area (Å²) in [5, 5.41) is 0. The lowest BCUT2D eigenvalue weighted by Gasteiger charge is -2.31. The maximum atomic E-state index is 5.42. The van der Waals surface area contributed by atoms with Crippen LogP contribution in [-0.2, 0) is 0 Å². The molecule has 0 spiro atoms. The van der Waals surface area contributed by atoms with Crippen LogP contribution in [0.1, 0.15) is 42.0 Å². The summed E-state index contributed by atoms with van der Waals surface area (Å²) < 4.78 is 0. The maximum Gasteiger partial charge on any atom is 0.164 e. The van der Waals surface area contributed by atoms with Crippen LogP contribution in [0.4, 0.5) is 0 Å². The van der Waals surface area contributed by atoms with E-state index in [1.807, 2.05) is 0 Å². The van der Waals surface area contributed by atoms with E-state index >= 15 is 0 Å². The molecule has 1 atom stereocenters. The Hall–Kier alpha value is -9.02. The van der Waals surface area contributed by atoms with Crippen molar-refractivity contribution in [2.45, 2.75) is 19.8 Å². The van der Waals surface area contributed by atoms with Gasteiger partial charge in [-0.1, -0.05) is 188 Å². The summed E-state index contributed by atoms with van der Waals surface area (Å²) in [6.45, 7) is 2.15. The van der Waals surface area contributed by atoms with Crippen molar-refractivity contribution in [1.82, 2.24) is 19.9 Å². The molecule has 7 aromatic carbocycles. The number of hydrogen-bond acceptors (Lipinski definition) is 5. The molecule has 0 amide bonds. The van der Waals surface area contributed by atoms with Gasteiger partial charge in [-0.25, -0.2) is 15.0 Å². The molecule has 0 saturated carbocycles. The van der Waals surface area contributed by atoms with Crippen LogP contribution < -0.4 is 0 Å². The maximum absolute atomic E-state index is 5.42. The fourth-order valence-electron chi connectivity index (χ4n) is 10.0. The first kappa shape index (κ1) is 42.3.